The van der Waals surface area contributed by atoms with Crippen molar-refractivity contribution in [1.82, 2.24) is 15.1 Å². The van der Waals surface area contributed by atoms with E-state index in [-0.39, 0.29) is 18.4 Å². The number of carbonyl (C=O) groups is 2. The fourth-order valence-corrected chi connectivity index (χ4v) is 2.89. The molecule has 1 fully saturated rings. The van der Waals surface area contributed by atoms with Crippen molar-refractivity contribution in [3.05, 3.63) is 32.4 Å². The summed E-state index contributed by atoms with van der Waals surface area (Å²) in [6, 6.07) is 5.17. The van der Waals surface area contributed by atoms with E-state index >= 15 is 0 Å². The summed E-state index contributed by atoms with van der Waals surface area (Å²) < 4.78 is 0.823. The summed E-state index contributed by atoms with van der Waals surface area (Å²) in [5, 5.41) is 3.71. The molecule has 114 valence electrons. The minimum atomic E-state index is -0.189. The number of hydrogen-bond acceptors (Lipinski definition) is 3. The van der Waals surface area contributed by atoms with Crippen LogP contribution in [0.25, 0.3) is 0 Å². The molecule has 0 spiro atoms. The van der Waals surface area contributed by atoms with Crippen molar-refractivity contribution >= 4 is 46.0 Å². The van der Waals surface area contributed by atoms with E-state index in [2.05, 4.69) is 27.9 Å². The van der Waals surface area contributed by atoms with Crippen molar-refractivity contribution < 1.29 is 9.59 Å². The lowest BCUT2D eigenvalue weighted by atomic mass is 10.2. The molecule has 7 heteroatoms. The summed E-state index contributed by atoms with van der Waals surface area (Å²) in [7, 11) is 1.64. The zero-order valence-electron chi connectivity index (χ0n) is 11.7. The van der Waals surface area contributed by atoms with Crippen molar-refractivity contribution in [2.45, 2.75) is 0 Å². The van der Waals surface area contributed by atoms with Crippen LogP contribution in [0, 0.1) is 3.57 Å². The van der Waals surface area contributed by atoms with Gasteiger partial charge in [-0.1, -0.05) is 11.6 Å². The molecule has 2 amide bonds. The molecule has 21 heavy (non-hydrogen) atoms. The van der Waals surface area contributed by atoms with Crippen molar-refractivity contribution in [1.29, 1.82) is 0 Å². The number of amides is 2. The Hall–Kier alpha value is -0.860. The highest BCUT2D eigenvalue weighted by Gasteiger charge is 2.21. The van der Waals surface area contributed by atoms with Crippen LogP contribution in [0.15, 0.2) is 18.2 Å². The lowest BCUT2D eigenvalue weighted by molar-refractivity contribution is -0.132. The van der Waals surface area contributed by atoms with Crippen LogP contribution < -0.4 is 5.32 Å². The van der Waals surface area contributed by atoms with E-state index in [1.807, 2.05) is 0 Å². The van der Waals surface area contributed by atoms with Gasteiger partial charge in [0.05, 0.1) is 12.1 Å². The van der Waals surface area contributed by atoms with Gasteiger partial charge in [0.2, 0.25) is 5.91 Å². The second-order valence-electron chi connectivity index (χ2n) is 4.92. The molecule has 0 aromatic heterocycles. The van der Waals surface area contributed by atoms with Crippen LogP contribution in [-0.4, -0.2) is 61.4 Å². The number of nitrogens with one attached hydrogen (secondary N) is 1. The number of piperazine rings is 1. The van der Waals surface area contributed by atoms with Gasteiger partial charge in [-0.25, -0.2) is 0 Å². The average molecular weight is 422 g/mol. The zero-order chi connectivity index (χ0) is 15.4. The SMILES string of the molecule is CN(CC(=O)N1CCNCC1)C(=O)c1cc(Cl)ccc1I. The largest absolute Gasteiger partial charge is 0.339 e. The normalized spacial score (nSPS) is 14.9. The van der Waals surface area contributed by atoms with E-state index in [4.69, 9.17) is 11.6 Å². The molecule has 5 nitrogen and oxygen atoms in total. The number of carbonyl (C=O) groups excluding carboxylic acids is 2. The Kier molecular flexibility index (Phi) is 5.83. The Morgan fingerprint density at radius 3 is 2.71 bits per heavy atom. The Morgan fingerprint density at radius 1 is 1.38 bits per heavy atom. The second kappa shape index (κ2) is 7.42. The molecule has 2 rings (SSSR count). The molecular weight excluding hydrogens is 405 g/mol. The molecule has 0 atom stereocenters. The fourth-order valence-electron chi connectivity index (χ4n) is 2.16. The van der Waals surface area contributed by atoms with Crippen LogP contribution in [0.4, 0.5) is 0 Å². The predicted octanol–water partition coefficient (Wildman–Crippen LogP) is 1.45. The molecule has 1 aliphatic rings. The number of rotatable bonds is 3. The van der Waals surface area contributed by atoms with Crippen LogP contribution in [0.5, 0.6) is 0 Å². The summed E-state index contributed by atoms with van der Waals surface area (Å²) in [6.45, 7) is 3.07. The number of halogens is 2. The number of benzene rings is 1. The molecule has 1 N–H and O–H groups in total. The molecule has 1 aliphatic heterocycles. The molecule has 0 saturated carbocycles. The van der Waals surface area contributed by atoms with E-state index < -0.39 is 0 Å². The van der Waals surface area contributed by atoms with E-state index in [1.54, 1.807) is 30.1 Å². The Bertz CT molecular complexity index is 547. The van der Waals surface area contributed by atoms with Gasteiger partial charge in [-0.3, -0.25) is 9.59 Å². The summed E-state index contributed by atoms with van der Waals surface area (Å²) in [5.41, 5.74) is 0.527. The Balaban J connectivity index is 2.02. The first-order valence-electron chi connectivity index (χ1n) is 6.68. The highest BCUT2D eigenvalue weighted by atomic mass is 127. The molecule has 0 aliphatic carbocycles. The van der Waals surface area contributed by atoms with E-state index in [1.165, 1.54) is 4.90 Å². The molecule has 1 saturated heterocycles. The molecule has 0 bridgehead atoms. The minimum absolute atomic E-state index is 0.0237. The van der Waals surface area contributed by atoms with Gasteiger partial charge in [0.25, 0.3) is 5.91 Å². The average Bonchev–Trinajstić information content (AvgIpc) is 2.49. The highest BCUT2D eigenvalue weighted by Crippen LogP contribution is 2.19. The molecule has 1 aromatic rings. The predicted molar refractivity (Wildman–Crippen MR) is 90.6 cm³/mol. The van der Waals surface area contributed by atoms with Crippen molar-refractivity contribution in [3.8, 4) is 0 Å². The first-order chi connectivity index (χ1) is 9.99. The minimum Gasteiger partial charge on any atom is -0.339 e. The maximum absolute atomic E-state index is 12.4. The van der Waals surface area contributed by atoms with Gasteiger partial charge >= 0.3 is 0 Å². The maximum atomic E-state index is 12.4. The van der Waals surface area contributed by atoms with Crippen molar-refractivity contribution in [2.24, 2.45) is 0 Å². The van der Waals surface area contributed by atoms with Gasteiger partial charge in [-0.05, 0) is 40.8 Å². The van der Waals surface area contributed by atoms with Crippen LogP contribution in [0.3, 0.4) is 0 Å². The molecule has 1 aromatic carbocycles. The zero-order valence-corrected chi connectivity index (χ0v) is 14.6. The van der Waals surface area contributed by atoms with Gasteiger partial charge in [-0.2, -0.15) is 0 Å². The first-order valence-corrected chi connectivity index (χ1v) is 8.13. The third-order valence-corrected chi connectivity index (χ3v) is 4.52. The quantitative estimate of drug-likeness (QED) is 0.752. The number of nitrogens with zero attached hydrogens (tertiary/aromatic N) is 2. The number of likely N-dealkylation sites (N-methyl/N-ethyl adjacent to an activating group) is 1. The number of hydrogen-bond donors (Lipinski definition) is 1. The van der Waals surface area contributed by atoms with E-state index in [9.17, 15) is 9.59 Å². The summed E-state index contributed by atoms with van der Waals surface area (Å²) >= 11 is 8.03. The summed E-state index contributed by atoms with van der Waals surface area (Å²) in [4.78, 5) is 27.8. The van der Waals surface area contributed by atoms with Crippen LogP contribution in [0.2, 0.25) is 5.02 Å². The second-order valence-corrected chi connectivity index (χ2v) is 6.51. The topological polar surface area (TPSA) is 52.7 Å². The molecule has 0 radical (unpaired) electrons. The van der Waals surface area contributed by atoms with Crippen LogP contribution in [-0.2, 0) is 4.79 Å². The van der Waals surface area contributed by atoms with Gasteiger partial charge in [0.1, 0.15) is 0 Å². The van der Waals surface area contributed by atoms with Gasteiger partial charge < -0.3 is 15.1 Å². The van der Waals surface area contributed by atoms with Gasteiger partial charge in [0.15, 0.2) is 0 Å². The smallest absolute Gasteiger partial charge is 0.255 e. The lowest BCUT2D eigenvalue weighted by Crippen LogP contribution is -2.49. The standard InChI is InChI=1S/C14H17ClIN3O2/c1-18(9-13(20)19-6-4-17-5-7-19)14(21)11-8-10(15)2-3-12(11)16/h2-3,8,17H,4-7,9H2,1H3. The monoisotopic (exact) mass is 421 g/mol. The van der Waals surface area contributed by atoms with Gasteiger partial charge in [0, 0.05) is 41.8 Å². The Morgan fingerprint density at radius 2 is 2.05 bits per heavy atom. The van der Waals surface area contributed by atoms with E-state index in [0.717, 1.165) is 16.7 Å². The van der Waals surface area contributed by atoms with Crippen LogP contribution in [0.1, 0.15) is 10.4 Å². The highest BCUT2D eigenvalue weighted by molar-refractivity contribution is 14.1. The molecule has 0 unspecified atom stereocenters. The molecular formula is C14H17ClIN3O2. The maximum Gasteiger partial charge on any atom is 0.255 e. The van der Waals surface area contributed by atoms with Gasteiger partial charge in [-0.15, -0.1) is 0 Å². The molecule has 1 heterocycles. The summed E-state index contributed by atoms with van der Waals surface area (Å²) in [6.07, 6.45) is 0. The van der Waals surface area contributed by atoms with Crippen LogP contribution >= 0.6 is 34.2 Å². The van der Waals surface area contributed by atoms with E-state index in [0.29, 0.717) is 23.7 Å². The Labute approximate surface area is 142 Å². The van der Waals surface area contributed by atoms with Crippen molar-refractivity contribution in [3.63, 3.8) is 0 Å². The third kappa shape index (κ3) is 4.31. The third-order valence-electron chi connectivity index (χ3n) is 3.35. The lowest BCUT2D eigenvalue weighted by Gasteiger charge is -2.29. The fraction of sp³-hybridized carbons (Fsp3) is 0.429. The first kappa shape index (κ1) is 16.5. The van der Waals surface area contributed by atoms with Crippen molar-refractivity contribution in [2.75, 3.05) is 39.8 Å². The summed E-state index contributed by atoms with van der Waals surface area (Å²) in [5.74, 6) is -0.213.